The van der Waals surface area contributed by atoms with Gasteiger partial charge in [-0.15, -0.1) is 0 Å². The number of carboxylic acids is 1. The lowest BCUT2D eigenvalue weighted by molar-refractivity contribution is -0.167. The SMILES string of the molecule is O=C(O)c1nc(NC(=O)C(F)(F)F)n2ccccc12. The van der Waals surface area contributed by atoms with Crippen molar-refractivity contribution in [1.29, 1.82) is 0 Å². The van der Waals surface area contributed by atoms with E-state index in [0.29, 0.717) is 0 Å². The van der Waals surface area contributed by atoms with E-state index < -0.39 is 29.7 Å². The molecule has 1 amide bonds. The summed E-state index contributed by atoms with van der Waals surface area (Å²) in [6.07, 6.45) is -3.79. The summed E-state index contributed by atoms with van der Waals surface area (Å²) in [5, 5.41) is 10.4. The number of aromatic carboxylic acids is 1. The van der Waals surface area contributed by atoms with E-state index in [9.17, 15) is 22.8 Å². The lowest BCUT2D eigenvalue weighted by Crippen LogP contribution is -2.30. The molecule has 0 aliphatic heterocycles. The minimum absolute atomic E-state index is 0.0764. The Balaban J connectivity index is 2.50. The number of amides is 1. The number of nitrogens with zero attached hydrogens (tertiary/aromatic N) is 2. The predicted molar refractivity (Wildman–Crippen MR) is 56.8 cm³/mol. The largest absolute Gasteiger partial charge is 0.476 e. The Kier molecular flexibility index (Phi) is 2.89. The standard InChI is InChI=1S/C10H6F3N3O3/c11-10(12,13)8(19)15-9-14-6(7(17)18)5-3-1-2-4-16(5)9/h1-4H,(H,17,18)(H,14,15,19). The van der Waals surface area contributed by atoms with Crippen LogP contribution in [0.5, 0.6) is 0 Å². The first-order chi connectivity index (χ1) is 8.80. The van der Waals surface area contributed by atoms with E-state index in [-0.39, 0.29) is 5.52 Å². The molecule has 0 aliphatic rings. The Morgan fingerprint density at radius 3 is 2.58 bits per heavy atom. The Bertz CT molecular complexity index is 663. The summed E-state index contributed by atoms with van der Waals surface area (Å²) in [5.74, 6) is -4.13. The zero-order chi connectivity index (χ0) is 14.2. The van der Waals surface area contributed by atoms with Crippen molar-refractivity contribution in [3.8, 4) is 0 Å². The molecule has 0 bridgehead atoms. The van der Waals surface area contributed by atoms with Gasteiger partial charge in [-0.25, -0.2) is 9.78 Å². The molecule has 0 saturated carbocycles. The molecule has 0 saturated heterocycles. The first-order valence-electron chi connectivity index (χ1n) is 4.89. The third-order valence-electron chi connectivity index (χ3n) is 2.23. The first kappa shape index (κ1) is 12.9. The zero-order valence-corrected chi connectivity index (χ0v) is 9.10. The van der Waals surface area contributed by atoms with E-state index in [1.54, 1.807) is 0 Å². The number of anilines is 1. The number of hydrogen-bond donors (Lipinski definition) is 2. The van der Waals surface area contributed by atoms with Gasteiger partial charge in [-0.1, -0.05) is 6.07 Å². The molecule has 9 heteroatoms. The van der Waals surface area contributed by atoms with Crippen LogP contribution in [-0.2, 0) is 4.79 Å². The Morgan fingerprint density at radius 1 is 1.32 bits per heavy atom. The molecule has 0 atom stereocenters. The highest BCUT2D eigenvalue weighted by Crippen LogP contribution is 2.20. The smallest absolute Gasteiger partial charge is 0.471 e. The van der Waals surface area contributed by atoms with Crippen LogP contribution in [0.3, 0.4) is 0 Å². The van der Waals surface area contributed by atoms with Crippen molar-refractivity contribution in [3.05, 3.63) is 30.1 Å². The van der Waals surface area contributed by atoms with Gasteiger partial charge in [0.15, 0.2) is 5.69 Å². The van der Waals surface area contributed by atoms with Gasteiger partial charge in [0.1, 0.15) is 0 Å². The van der Waals surface area contributed by atoms with Crippen LogP contribution < -0.4 is 5.32 Å². The Labute approximate surface area is 103 Å². The maximum atomic E-state index is 12.1. The van der Waals surface area contributed by atoms with Crippen LogP contribution >= 0.6 is 0 Å². The maximum absolute atomic E-state index is 12.1. The monoisotopic (exact) mass is 273 g/mol. The van der Waals surface area contributed by atoms with Crippen molar-refractivity contribution in [2.45, 2.75) is 6.18 Å². The fourth-order valence-electron chi connectivity index (χ4n) is 1.46. The molecule has 6 nitrogen and oxygen atoms in total. The van der Waals surface area contributed by atoms with Crippen molar-refractivity contribution < 1.29 is 27.9 Å². The second-order valence-corrected chi connectivity index (χ2v) is 3.50. The van der Waals surface area contributed by atoms with Gasteiger partial charge in [0.05, 0.1) is 5.52 Å². The molecule has 2 heterocycles. The van der Waals surface area contributed by atoms with Gasteiger partial charge < -0.3 is 5.11 Å². The van der Waals surface area contributed by atoms with Crippen LogP contribution in [0.1, 0.15) is 10.5 Å². The highest BCUT2D eigenvalue weighted by molar-refractivity contribution is 5.98. The van der Waals surface area contributed by atoms with Crippen molar-refractivity contribution in [1.82, 2.24) is 9.38 Å². The quantitative estimate of drug-likeness (QED) is 0.869. The number of aromatic nitrogens is 2. The molecule has 0 aliphatic carbocycles. The topological polar surface area (TPSA) is 83.7 Å². The van der Waals surface area contributed by atoms with Crippen LogP contribution in [-0.4, -0.2) is 32.5 Å². The molecule has 2 rings (SSSR count). The van der Waals surface area contributed by atoms with Crippen molar-refractivity contribution in [2.24, 2.45) is 0 Å². The summed E-state index contributed by atoms with van der Waals surface area (Å²) in [6, 6.07) is 4.32. The van der Waals surface area contributed by atoms with Crippen LogP contribution in [0, 0.1) is 0 Å². The fraction of sp³-hybridized carbons (Fsp3) is 0.100. The number of carbonyl (C=O) groups excluding carboxylic acids is 1. The summed E-state index contributed by atoms with van der Waals surface area (Å²) in [6.45, 7) is 0. The van der Waals surface area contributed by atoms with E-state index in [1.165, 1.54) is 29.7 Å². The van der Waals surface area contributed by atoms with Crippen LogP contribution in [0.4, 0.5) is 19.1 Å². The molecular weight excluding hydrogens is 267 g/mol. The molecule has 19 heavy (non-hydrogen) atoms. The van der Waals surface area contributed by atoms with Crippen molar-refractivity contribution in [3.63, 3.8) is 0 Å². The van der Waals surface area contributed by atoms with E-state index >= 15 is 0 Å². The van der Waals surface area contributed by atoms with Gasteiger partial charge in [-0.3, -0.25) is 14.5 Å². The zero-order valence-electron chi connectivity index (χ0n) is 9.10. The molecule has 2 aromatic rings. The van der Waals surface area contributed by atoms with E-state index in [0.717, 1.165) is 4.40 Å². The highest BCUT2D eigenvalue weighted by Gasteiger charge is 2.39. The van der Waals surface area contributed by atoms with Gasteiger partial charge in [-0.05, 0) is 12.1 Å². The van der Waals surface area contributed by atoms with E-state index in [1.807, 2.05) is 0 Å². The van der Waals surface area contributed by atoms with Crippen LogP contribution in [0.15, 0.2) is 24.4 Å². The number of pyridine rings is 1. The van der Waals surface area contributed by atoms with Crippen molar-refractivity contribution in [2.75, 3.05) is 5.32 Å². The number of fused-ring (bicyclic) bond motifs is 1. The number of alkyl halides is 3. The average molecular weight is 273 g/mol. The number of halogens is 3. The lowest BCUT2D eigenvalue weighted by atomic mass is 10.3. The normalized spacial score (nSPS) is 11.5. The Morgan fingerprint density at radius 2 is 2.00 bits per heavy atom. The Hall–Kier alpha value is -2.58. The van der Waals surface area contributed by atoms with Gasteiger partial charge >= 0.3 is 18.1 Å². The summed E-state index contributed by atoms with van der Waals surface area (Å²) < 4.78 is 37.5. The first-order valence-corrected chi connectivity index (χ1v) is 4.89. The fourth-order valence-corrected chi connectivity index (χ4v) is 1.46. The third kappa shape index (κ3) is 2.34. The number of rotatable bonds is 2. The minimum Gasteiger partial charge on any atom is -0.476 e. The lowest BCUT2D eigenvalue weighted by Gasteiger charge is -2.06. The maximum Gasteiger partial charge on any atom is 0.471 e. The molecule has 0 aromatic carbocycles. The molecule has 0 radical (unpaired) electrons. The van der Waals surface area contributed by atoms with Crippen LogP contribution in [0.2, 0.25) is 0 Å². The summed E-state index contributed by atoms with van der Waals surface area (Å²) >= 11 is 0. The molecule has 2 aromatic heterocycles. The van der Waals surface area contributed by atoms with E-state index in [4.69, 9.17) is 5.11 Å². The van der Waals surface area contributed by atoms with Gasteiger partial charge in [0, 0.05) is 6.20 Å². The molecule has 0 spiro atoms. The van der Waals surface area contributed by atoms with Crippen LogP contribution in [0.25, 0.3) is 5.52 Å². The van der Waals surface area contributed by atoms with Gasteiger partial charge in [-0.2, -0.15) is 13.2 Å². The van der Waals surface area contributed by atoms with Gasteiger partial charge in [0.2, 0.25) is 5.95 Å². The minimum atomic E-state index is -5.08. The molecule has 100 valence electrons. The summed E-state index contributed by atoms with van der Waals surface area (Å²) in [5.41, 5.74) is -0.370. The predicted octanol–water partition coefficient (Wildman–Crippen LogP) is 1.53. The molecule has 0 fully saturated rings. The number of nitrogens with one attached hydrogen (secondary N) is 1. The second kappa shape index (κ2) is 4.26. The number of imidazole rings is 1. The summed E-state index contributed by atoms with van der Waals surface area (Å²) in [7, 11) is 0. The summed E-state index contributed by atoms with van der Waals surface area (Å²) in [4.78, 5) is 25.2. The number of carbonyl (C=O) groups is 2. The average Bonchev–Trinajstić information content (AvgIpc) is 2.67. The third-order valence-corrected chi connectivity index (χ3v) is 2.23. The highest BCUT2D eigenvalue weighted by atomic mass is 19.4. The van der Waals surface area contributed by atoms with Gasteiger partial charge in [0.25, 0.3) is 0 Å². The molecular formula is C10H6F3N3O3. The van der Waals surface area contributed by atoms with E-state index in [2.05, 4.69) is 4.98 Å². The second-order valence-electron chi connectivity index (χ2n) is 3.50. The molecule has 2 N–H and O–H groups in total. The number of carboxylic acid groups (broad SMARTS) is 1. The number of hydrogen-bond acceptors (Lipinski definition) is 3. The van der Waals surface area contributed by atoms with Crippen molar-refractivity contribution >= 4 is 23.3 Å². The molecule has 0 unspecified atom stereocenters.